The zero-order chi connectivity index (χ0) is 12.7. The van der Waals surface area contributed by atoms with Gasteiger partial charge in [-0.2, -0.15) is 9.61 Å². The summed E-state index contributed by atoms with van der Waals surface area (Å²) in [6, 6.07) is 7.93. The van der Waals surface area contributed by atoms with Gasteiger partial charge in [-0.05, 0) is 34.7 Å². The molecule has 0 saturated carbocycles. The molecule has 6 nitrogen and oxygen atoms in total. The van der Waals surface area contributed by atoms with Crippen LogP contribution in [0.5, 0.6) is 0 Å². The van der Waals surface area contributed by atoms with Crippen molar-refractivity contribution in [3.63, 3.8) is 0 Å². The number of halogens is 1. The summed E-state index contributed by atoms with van der Waals surface area (Å²) in [5, 5.41) is 12.6. The van der Waals surface area contributed by atoms with Gasteiger partial charge in [0, 0.05) is 9.13 Å². The minimum Gasteiger partial charge on any atom is -0.363 e. The van der Waals surface area contributed by atoms with Crippen molar-refractivity contribution in [1.82, 2.24) is 19.8 Å². The number of hydrogen-bond acceptors (Lipinski definition) is 5. The van der Waals surface area contributed by atoms with E-state index in [2.05, 4.69) is 37.9 Å². The lowest BCUT2D eigenvalue weighted by Gasteiger charge is -1.95. The number of nitrogens with zero attached hydrogens (tertiary/aromatic N) is 4. The maximum atomic E-state index is 11.1. The smallest absolute Gasteiger partial charge is 0.288 e. The molecule has 0 fully saturated rings. The van der Waals surface area contributed by atoms with Crippen molar-refractivity contribution in [1.29, 1.82) is 0 Å². The Bertz CT molecular complexity index is 732. The highest BCUT2D eigenvalue weighted by Gasteiger charge is 2.16. The van der Waals surface area contributed by atoms with Crippen molar-refractivity contribution in [2.45, 2.75) is 0 Å². The quantitative estimate of drug-likeness (QED) is 0.693. The average Bonchev–Trinajstić information content (AvgIpc) is 2.88. The number of carbonyl (C=O) groups is 1. The number of nitrogens with two attached hydrogens (primary N) is 1. The summed E-state index contributed by atoms with van der Waals surface area (Å²) < 4.78 is 2.53. The van der Waals surface area contributed by atoms with Crippen LogP contribution >= 0.6 is 33.9 Å². The van der Waals surface area contributed by atoms with Gasteiger partial charge in [0.15, 0.2) is 0 Å². The minimum absolute atomic E-state index is 0.0537. The van der Waals surface area contributed by atoms with E-state index >= 15 is 0 Å². The van der Waals surface area contributed by atoms with E-state index in [1.165, 1.54) is 15.9 Å². The predicted molar refractivity (Wildman–Crippen MR) is 75.3 cm³/mol. The Morgan fingerprint density at radius 3 is 2.67 bits per heavy atom. The van der Waals surface area contributed by atoms with E-state index in [9.17, 15) is 4.79 Å². The van der Waals surface area contributed by atoms with Crippen LogP contribution in [0, 0.1) is 3.57 Å². The fourth-order valence-corrected chi connectivity index (χ4v) is 2.68. The number of aromatic nitrogens is 4. The Labute approximate surface area is 119 Å². The lowest BCUT2D eigenvalue weighted by atomic mass is 10.2. The van der Waals surface area contributed by atoms with E-state index < -0.39 is 5.91 Å². The van der Waals surface area contributed by atoms with E-state index in [4.69, 9.17) is 5.73 Å². The Kier molecular flexibility index (Phi) is 2.74. The van der Waals surface area contributed by atoms with E-state index in [-0.39, 0.29) is 5.82 Å². The zero-order valence-corrected chi connectivity index (χ0v) is 11.8. The molecule has 0 bridgehead atoms. The van der Waals surface area contributed by atoms with Gasteiger partial charge in [-0.3, -0.25) is 4.79 Å². The van der Waals surface area contributed by atoms with Crippen LogP contribution in [0.4, 0.5) is 0 Å². The third kappa shape index (κ3) is 1.86. The van der Waals surface area contributed by atoms with Gasteiger partial charge in [0.25, 0.3) is 5.91 Å². The largest absolute Gasteiger partial charge is 0.363 e. The van der Waals surface area contributed by atoms with Crippen LogP contribution in [-0.4, -0.2) is 25.7 Å². The topological polar surface area (TPSA) is 86.2 Å². The molecule has 90 valence electrons. The van der Waals surface area contributed by atoms with Crippen molar-refractivity contribution in [2.24, 2.45) is 5.73 Å². The molecule has 2 aromatic heterocycles. The number of primary amides is 1. The Morgan fingerprint density at radius 1 is 1.28 bits per heavy atom. The number of fused-ring (bicyclic) bond motifs is 1. The summed E-state index contributed by atoms with van der Waals surface area (Å²) in [6.07, 6.45) is 0. The number of rotatable bonds is 2. The zero-order valence-electron chi connectivity index (χ0n) is 8.87. The molecule has 0 saturated heterocycles. The lowest BCUT2D eigenvalue weighted by Crippen LogP contribution is -2.15. The van der Waals surface area contributed by atoms with Crippen LogP contribution in [0.25, 0.3) is 15.5 Å². The first kappa shape index (κ1) is 11.5. The normalized spacial score (nSPS) is 10.9. The SMILES string of the molecule is NC(=O)c1nnc2sc(-c3ccc(I)cc3)nn12. The van der Waals surface area contributed by atoms with Crippen LogP contribution in [0.1, 0.15) is 10.6 Å². The molecule has 8 heteroatoms. The van der Waals surface area contributed by atoms with Gasteiger partial charge in [0.2, 0.25) is 10.8 Å². The van der Waals surface area contributed by atoms with Crippen LogP contribution in [0.15, 0.2) is 24.3 Å². The van der Waals surface area contributed by atoms with Gasteiger partial charge in [0.05, 0.1) is 0 Å². The molecule has 0 unspecified atom stereocenters. The number of carbonyl (C=O) groups excluding carboxylic acids is 1. The summed E-state index contributed by atoms with van der Waals surface area (Å²) in [4.78, 5) is 11.7. The molecule has 3 aromatic rings. The lowest BCUT2D eigenvalue weighted by molar-refractivity contribution is 0.0988. The molecule has 18 heavy (non-hydrogen) atoms. The second kappa shape index (κ2) is 4.28. The summed E-state index contributed by atoms with van der Waals surface area (Å²) in [6.45, 7) is 0. The number of benzene rings is 1. The van der Waals surface area contributed by atoms with Crippen molar-refractivity contribution in [3.05, 3.63) is 33.7 Å². The minimum atomic E-state index is -0.637. The highest BCUT2D eigenvalue weighted by molar-refractivity contribution is 14.1. The van der Waals surface area contributed by atoms with Gasteiger partial charge >= 0.3 is 0 Å². The van der Waals surface area contributed by atoms with Gasteiger partial charge in [-0.1, -0.05) is 23.5 Å². The molecule has 1 amide bonds. The van der Waals surface area contributed by atoms with Gasteiger partial charge in [-0.25, -0.2) is 0 Å². The third-order valence-electron chi connectivity index (χ3n) is 2.30. The molecule has 0 radical (unpaired) electrons. The van der Waals surface area contributed by atoms with Gasteiger partial charge in [-0.15, -0.1) is 10.2 Å². The third-order valence-corrected chi connectivity index (χ3v) is 3.97. The molecule has 0 atom stereocenters. The fourth-order valence-electron chi connectivity index (χ4n) is 1.48. The first-order valence-corrected chi connectivity index (χ1v) is 6.82. The van der Waals surface area contributed by atoms with E-state index in [0.717, 1.165) is 14.1 Å². The number of amides is 1. The van der Waals surface area contributed by atoms with E-state index in [1.54, 1.807) is 0 Å². The van der Waals surface area contributed by atoms with Crippen LogP contribution < -0.4 is 5.73 Å². The van der Waals surface area contributed by atoms with Gasteiger partial charge in [0.1, 0.15) is 5.01 Å². The van der Waals surface area contributed by atoms with Crippen LogP contribution in [0.3, 0.4) is 0 Å². The second-order valence-corrected chi connectivity index (χ2v) is 5.70. The molecule has 2 heterocycles. The second-order valence-electron chi connectivity index (χ2n) is 3.50. The van der Waals surface area contributed by atoms with Crippen molar-refractivity contribution < 1.29 is 4.79 Å². The molecule has 0 spiro atoms. The summed E-state index contributed by atoms with van der Waals surface area (Å²) in [5.41, 5.74) is 6.17. The summed E-state index contributed by atoms with van der Waals surface area (Å²) in [7, 11) is 0. The maximum absolute atomic E-state index is 11.1. The Hall–Kier alpha value is -1.55. The fraction of sp³-hybridized carbons (Fsp3) is 0. The van der Waals surface area contributed by atoms with Crippen molar-refractivity contribution in [2.75, 3.05) is 0 Å². The Morgan fingerprint density at radius 2 is 2.00 bits per heavy atom. The van der Waals surface area contributed by atoms with Gasteiger partial charge < -0.3 is 5.73 Å². The average molecular weight is 371 g/mol. The van der Waals surface area contributed by atoms with E-state index in [1.807, 2.05) is 24.3 Å². The van der Waals surface area contributed by atoms with Crippen molar-refractivity contribution in [3.8, 4) is 10.6 Å². The summed E-state index contributed by atoms with van der Waals surface area (Å²) >= 11 is 3.60. The molecule has 3 rings (SSSR count). The van der Waals surface area contributed by atoms with Crippen molar-refractivity contribution >= 4 is 44.8 Å². The molecule has 0 aliphatic carbocycles. The Balaban J connectivity index is 2.13. The van der Waals surface area contributed by atoms with Crippen LogP contribution in [0.2, 0.25) is 0 Å². The summed E-state index contributed by atoms with van der Waals surface area (Å²) in [5.74, 6) is -0.583. The molecular formula is C10H6IN5OS. The highest BCUT2D eigenvalue weighted by Crippen LogP contribution is 2.25. The monoisotopic (exact) mass is 371 g/mol. The predicted octanol–water partition coefficient (Wildman–Crippen LogP) is 1.56. The first-order chi connectivity index (χ1) is 8.65. The molecule has 2 N–H and O–H groups in total. The number of hydrogen-bond donors (Lipinski definition) is 1. The molecule has 0 aliphatic heterocycles. The molecule has 1 aromatic carbocycles. The molecular weight excluding hydrogens is 365 g/mol. The molecule has 0 aliphatic rings. The first-order valence-electron chi connectivity index (χ1n) is 4.93. The highest BCUT2D eigenvalue weighted by atomic mass is 127. The van der Waals surface area contributed by atoms with E-state index in [0.29, 0.717) is 4.96 Å². The standard InChI is InChI=1S/C10H6IN5OS/c11-6-3-1-5(2-4-6)9-15-16-8(7(12)17)13-14-10(16)18-9/h1-4H,(H2,12,17). The van der Waals surface area contributed by atoms with Crippen LogP contribution in [-0.2, 0) is 0 Å². The maximum Gasteiger partial charge on any atom is 0.288 e.